The Hall–Kier alpha value is -2.95. The van der Waals surface area contributed by atoms with Crippen molar-refractivity contribution in [2.75, 3.05) is 33.8 Å². The molecule has 1 N–H and O–H groups in total. The molecule has 0 spiro atoms. The first-order valence-electron chi connectivity index (χ1n) is 9.32. The smallest absolute Gasteiger partial charge is 0.422 e. The summed E-state index contributed by atoms with van der Waals surface area (Å²) in [7, 11) is 3.98. The Balaban J connectivity index is 1.93. The number of aromatic nitrogens is 3. The van der Waals surface area contributed by atoms with Crippen LogP contribution in [-0.4, -0.2) is 82.6 Å². The third-order valence-corrected chi connectivity index (χ3v) is 4.86. The number of aliphatic imine (C=N–C) groups is 1. The minimum Gasteiger partial charge on any atom is -0.493 e. The van der Waals surface area contributed by atoms with Crippen LogP contribution in [-0.2, 0) is 0 Å². The quantitative estimate of drug-likeness (QED) is 0.684. The highest BCUT2D eigenvalue weighted by molar-refractivity contribution is 5.92. The average Bonchev–Trinajstić information content (AvgIpc) is 3.08. The number of pyridine rings is 1. The minimum absolute atomic E-state index is 0.118. The van der Waals surface area contributed by atoms with Crippen LogP contribution in [0.5, 0.6) is 11.9 Å². The van der Waals surface area contributed by atoms with Crippen molar-refractivity contribution in [1.29, 1.82) is 0 Å². The monoisotopic (exact) mass is 424 g/mol. The molecular formula is C19H23F3N6O2. The lowest BCUT2D eigenvalue weighted by atomic mass is 10.2. The van der Waals surface area contributed by atoms with E-state index in [1.165, 1.54) is 12.3 Å². The lowest BCUT2D eigenvalue weighted by Gasteiger charge is -2.25. The van der Waals surface area contributed by atoms with Gasteiger partial charge < -0.3 is 19.6 Å². The number of halogens is 3. The molecule has 3 rings (SSSR count). The van der Waals surface area contributed by atoms with Crippen LogP contribution >= 0.6 is 0 Å². The average molecular weight is 424 g/mol. The lowest BCUT2D eigenvalue weighted by molar-refractivity contribution is -0.154. The maximum absolute atomic E-state index is 12.5. The number of hydrogen-bond donors (Lipinski definition) is 1. The van der Waals surface area contributed by atoms with Crippen molar-refractivity contribution < 1.29 is 23.0 Å². The van der Waals surface area contributed by atoms with Gasteiger partial charge in [0.05, 0.1) is 5.39 Å². The summed E-state index contributed by atoms with van der Waals surface area (Å²) in [6.45, 7) is 3.82. The van der Waals surface area contributed by atoms with Gasteiger partial charge in [0.1, 0.15) is 16.9 Å². The third-order valence-electron chi connectivity index (χ3n) is 4.86. The second-order valence-corrected chi connectivity index (χ2v) is 7.18. The molecule has 2 aromatic rings. The molecule has 0 saturated carbocycles. The molecule has 1 aliphatic rings. The van der Waals surface area contributed by atoms with Crippen LogP contribution < -0.4 is 4.74 Å². The van der Waals surface area contributed by atoms with Crippen LogP contribution in [0.25, 0.3) is 16.6 Å². The zero-order chi connectivity index (χ0) is 21.9. The molecule has 1 fully saturated rings. The number of ether oxygens (including phenoxy) is 1. The highest BCUT2D eigenvalue weighted by Crippen LogP contribution is 2.29. The zero-order valence-electron chi connectivity index (χ0n) is 16.7. The van der Waals surface area contributed by atoms with Crippen LogP contribution in [0.4, 0.5) is 13.2 Å². The molecule has 0 bridgehead atoms. The number of aromatic hydroxyl groups is 1. The van der Waals surface area contributed by atoms with Gasteiger partial charge in [0.25, 0.3) is 0 Å². The molecule has 1 atom stereocenters. The maximum atomic E-state index is 12.5. The molecule has 3 heterocycles. The van der Waals surface area contributed by atoms with E-state index in [0.29, 0.717) is 11.7 Å². The normalized spacial score (nSPS) is 18.0. The summed E-state index contributed by atoms with van der Waals surface area (Å²) in [5, 5.41) is 10.4. The topological polar surface area (TPSA) is 87.0 Å². The highest BCUT2D eigenvalue weighted by atomic mass is 19.4. The summed E-state index contributed by atoms with van der Waals surface area (Å²) in [5.74, 6) is -0.509. The number of hydrogen-bond acceptors (Lipinski definition) is 8. The van der Waals surface area contributed by atoms with Crippen LogP contribution in [0.2, 0.25) is 0 Å². The zero-order valence-corrected chi connectivity index (χ0v) is 16.7. The van der Waals surface area contributed by atoms with Crippen molar-refractivity contribution in [3.63, 3.8) is 0 Å². The van der Waals surface area contributed by atoms with Gasteiger partial charge in [0, 0.05) is 32.0 Å². The summed E-state index contributed by atoms with van der Waals surface area (Å²) in [5.41, 5.74) is 0.736. The molecule has 8 nitrogen and oxygen atoms in total. The summed E-state index contributed by atoms with van der Waals surface area (Å²) >= 11 is 0. The number of fused-ring (bicyclic) bond motifs is 1. The van der Waals surface area contributed by atoms with Gasteiger partial charge in [-0.25, -0.2) is 0 Å². The predicted octanol–water partition coefficient (Wildman–Crippen LogP) is 2.70. The standard InChI is InChI=1S/C19H23F3N6O2/c1-23-14(10-27(2)9-12-5-4-8-28(12)3)16-15-13(6-7-24-16)17(29)26-18(25-15)30-11-19(20,21)22/h6-7,10,12H,1,4-5,8-9,11H2,2-3H3,(H,25,26,29)/b14-10-. The molecule has 0 aromatic carbocycles. The molecule has 0 amide bonds. The van der Waals surface area contributed by atoms with E-state index in [-0.39, 0.29) is 16.6 Å². The summed E-state index contributed by atoms with van der Waals surface area (Å²) in [6.07, 6.45) is 0.860. The van der Waals surface area contributed by atoms with Crippen molar-refractivity contribution in [3.8, 4) is 11.9 Å². The molecule has 162 valence electrons. The van der Waals surface area contributed by atoms with Gasteiger partial charge in [-0.2, -0.15) is 23.1 Å². The highest BCUT2D eigenvalue weighted by Gasteiger charge is 2.29. The third kappa shape index (κ3) is 5.15. The molecule has 0 radical (unpaired) electrons. The van der Waals surface area contributed by atoms with E-state index in [4.69, 9.17) is 0 Å². The second-order valence-electron chi connectivity index (χ2n) is 7.18. The van der Waals surface area contributed by atoms with Gasteiger partial charge in [-0.3, -0.25) is 9.98 Å². The van der Waals surface area contributed by atoms with Gasteiger partial charge in [-0.15, -0.1) is 0 Å². The number of likely N-dealkylation sites (N-methyl/N-ethyl adjacent to an activating group) is 2. The summed E-state index contributed by atoms with van der Waals surface area (Å²) in [6, 6.07) is 1.27. The molecule has 30 heavy (non-hydrogen) atoms. The fraction of sp³-hybridized carbons (Fsp3) is 0.474. The largest absolute Gasteiger partial charge is 0.493 e. The minimum atomic E-state index is -4.56. The van der Waals surface area contributed by atoms with Crippen molar-refractivity contribution in [2.45, 2.75) is 25.1 Å². The first-order chi connectivity index (χ1) is 14.2. The van der Waals surface area contributed by atoms with Gasteiger partial charge >= 0.3 is 12.2 Å². The number of rotatable bonds is 7. The Bertz CT molecular complexity index is 950. The van der Waals surface area contributed by atoms with Crippen LogP contribution in [0, 0.1) is 0 Å². The predicted molar refractivity (Wildman–Crippen MR) is 106 cm³/mol. The van der Waals surface area contributed by atoms with E-state index in [9.17, 15) is 18.3 Å². The Morgan fingerprint density at radius 3 is 2.87 bits per heavy atom. The summed E-state index contributed by atoms with van der Waals surface area (Å²) in [4.78, 5) is 20.1. The Morgan fingerprint density at radius 1 is 1.47 bits per heavy atom. The first kappa shape index (κ1) is 21.8. The fourth-order valence-electron chi connectivity index (χ4n) is 3.40. The van der Waals surface area contributed by atoms with Crippen molar-refractivity contribution in [1.82, 2.24) is 24.8 Å². The van der Waals surface area contributed by atoms with E-state index in [1.807, 2.05) is 11.9 Å². The molecule has 1 unspecified atom stereocenters. The van der Waals surface area contributed by atoms with Gasteiger partial charge in [0.2, 0.25) is 5.88 Å². The van der Waals surface area contributed by atoms with Crippen LogP contribution in [0.15, 0.2) is 23.5 Å². The first-order valence-corrected chi connectivity index (χ1v) is 9.32. The van der Waals surface area contributed by atoms with Crippen LogP contribution in [0.3, 0.4) is 0 Å². The Morgan fingerprint density at radius 2 is 2.23 bits per heavy atom. The van der Waals surface area contributed by atoms with E-state index < -0.39 is 24.7 Å². The van der Waals surface area contributed by atoms with Crippen molar-refractivity contribution in [3.05, 3.63) is 24.2 Å². The molecular weight excluding hydrogens is 401 g/mol. The van der Waals surface area contributed by atoms with E-state index >= 15 is 0 Å². The van der Waals surface area contributed by atoms with Gasteiger partial charge in [-0.1, -0.05) is 0 Å². The Labute approximate surface area is 171 Å². The number of nitrogens with zero attached hydrogens (tertiary/aromatic N) is 6. The SMILES string of the molecule is C=N/C(=C\N(C)CC1CCCN1C)c1nccc2c(O)nc(OCC(F)(F)F)nc12. The van der Waals surface area contributed by atoms with Gasteiger partial charge in [0.15, 0.2) is 6.61 Å². The Kier molecular flexibility index (Phi) is 6.40. The fourth-order valence-corrected chi connectivity index (χ4v) is 3.40. The molecule has 11 heteroatoms. The van der Waals surface area contributed by atoms with E-state index in [0.717, 1.165) is 25.9 Å². The molecule has 1 aliphatic heterocycles. The lowest BCUT2D eigenvalue weighted by Crippen LogP contribution is -2.34. The molecule has 1 saturated heterocycles. The van der Waals surface area contributed by atoms with Gasteiger partial charge in [-0.05, 0) is 39.2 Å². The van der Waals surface area contributed by atoms with E-state index in [1.54, 1.807) is 6.20 Å². The van der Waals surface area contributed by atoms with Crippen molar-refractivity contribution >= 4 is 23.3 Å². The second kappa shape index (κ2) is 8.82. The van der Waals surface area contributed by atoms with E-state index in [2.05, 4.69) is 43.3 Å². The number of alkyl halides is 3. The molecule has 0 aliphatic carbocycles. The van der Waals surface area contributed by atoms with Crippen LogP contribution in [0.1, 0.15) is 18.5 Å². The maximum Gasteiger partial charge on any atom is 0.422 e. The summed E-state index contributed by atoms with van der Waals surface area (Å²) < 4.78 is 42.0. The van der Waals surface area contributed by atoms with Crippen molar-refractivity contribution in [2.24, 2.45) is 4.99 Å². The number of likely N-dealkylation sites (tertiary alicyclic amines) is 1. The molecule has 2 aromatic heterocycles.